The Balaban J connectivity index is 0.00000166. The lowest BCUT2D eigenvalue weighted by molar-refractivity contribution is -0.137. The van der Waals surface area contributed by atoms with Crippen LogP contribution in [0, 0.1) is 6.92 Å². The second-order valence-corrected chi connectivity index (χ2v) is 6.56. The van der Waals surface area contributed by atoms with Crippen LogP contribution in [-0.2, 0) is 6.18 Å². The average Bonchev–Trinajstić information content (AvgIpc) is 2.78. The number of amides is 1. The summed E-state index contributed by atoms with van der Waals surface area (Å²) in [6.07, 6.45) is 3.01. The molecule has 2 heterocycles. The van der Waals surface area contributed by atoms with Crippen molar-refractivity contribution >= 4 is 5.91 Å². The summed E-state index contributed by atoms with van der Waals surface area (Å²) in [4.78, 5) is 31.1. The maximum absolute atomic E-state index is 13.1. The predicted octanol–water partition coefficient (Wildman–Crippen LogP) is 5.12. The standard InChI is InChI=1S/C20H18F3N5O.C2H6/c1-12-8-14(10-15(9-12)20(21,22)23)19(29)28(3)13(2)17-18(27-7-6-26-17)16-11-24-4-5-25-16;1-2/h4-11,13H,1-3H3;1-2H3. The summed E-state index contributed by atoms with van der Waals surface area (Å²) in [5, 5.41) is 0. The van der Waals surface area contributed by atoms with E-state index in [4.69, 9.17) is 0 Å². The van der Waals surface area contributed by atoms with Crippen molar-refractivity contribution in [1.82, 2.24) is 24.8 Å². The second-order valence-electron chi connectivity index (χ2n) is 6.56. The minimum atomic E-state index is -4.53. The van der Waals surface area contributed by atoms with Gasteiger partial charge in [0.15, 0.2) is 0 Å². The zero-order chi connectivity index (χ0) is 23.2. The highest BCUT2D eigenvalue weighted by Gasteiger charge is 2.32. The van der Waals surface area contributed by atoms with E-state index in [0.29, 0.717) is 22.6 Å². The van der Waals surface area contributed by atoms with Gasteiger partial charge in [-0.3, -0.25) is 24.7 Å². The van der Waals surface area contributed by atoms with Crippen molar-refractivity contribution in [3.63, 3.8) is 0 Å². The molecule has 0 bridgehead atoms. The molecule has 0 spiro atoms. The fourth-order valence-corrected chi connectivity index (χ4v) is 2.91. The first-order valence-corrected chi connectivity index (χ1v) is 9.72. The number of aromatic nitrogens is 4. The summed E-state index contributed by atoms with van der Waals surface area (Å²) in [5.74, 6) is -0.553. The topological polar surface area (TPSA) is 71.9 Å². The highest BCUT2D eigenvalue weighted by atomic mass is 19.4. The summed E-state index contributed by atoms with van der Waals surface area (Å²) in [6, 6.07) is 2.73. The number of halogens is 3. The highest BCUT2D eigenvalue weighted by Crippen LogP contribution is 2.32. The summed E-state index contributed by atoms with van der Waals surface area (Å²) >= 11 is 0. The predicted molar refractivity (Wildman–Crippen MR) is 111 cm³/mol. The van der Waals surface area contributed by atoms with Crippen LogP contribution in [0.4, 0.5) is 13.2 Å². The quantitative estimate of drug-likeness (QED) is 0.573. The zero-order valence-corrected chi connectivity index (χ0v) is 18.0. The summed E-state index contributed by atoms with van der Waals surface area (Å²) in [7, 11) is 1.51. The van der Waals surface area contributed by atoms with E-state index in [1.165, 1.54) is 55.9 Å². The van der Waals surface area contributed by atoms with Gasteiger partial charge in [-0.05, 0) is 37.6 Å². The largest absolute Gasteiger partial charge is 0.416 e. The lowest BCUT2D eigenvalue weighted by Crippen LogP contribution is -2.31. The molecule has 1 amide bonds. The van der Waals surface area contributed by atoms with Gasteiger partial charge in [0.2, 0.25) is 0 Å². The first-order valence-electron chi connectivity index (χ1n) is 9.72. The molecule has 1 atom stereocenters. The van der Waals surface area contributed by atoms with Crippen LogP contribution >= 0.6 is 0 Å². The van der Waals surface area contributed by atoms with E-state index in [-0.39, 0.29) is 5.56 Å². The second kappa shape index (κ2) is 10.1. The molecule has 31 heavy (non-hydrogen) atoms. The lowest BCUT2D eigenvalue weighted by atomic mass is 10.0. The van der Waals surface area contributed by atoms with Crippen LogP contribution in [0.15, 0.2) is 49.2 Å². The van der Waals surface area contributed by atoms with Gasteiger partial charge in [0.05, 0.1) is 23.5 Å². The van der Waals surface area contributed by atoms with Crippen LogP contribution in [0.3, 0.4) is 0 Å². The molecule has 1 aromatic carbocycles. The van der Waals surface area contributed by atoms with Gasteiger partial charge in [-0.25, -0.2) is 0 Å². The third-order valence-corrected chi connectivity index (χ3v) is 4.48. The van der Waals surface area contributed by atoms with Gasteiger partial charge in [0.25, 0.3) is 5.91 Å². The Hall–Kier alpha value is -3.36. The monoisotopic (exact) mass is 431 g/mol. The molecule has 1 unspecified atom stereocenters. The minimum absolute atomic E-state index is 0.0448. The number of aryl methyl sites for hydroxylation is 1. The zero-order valence-electron chi connectivity index (χ0n) is 18.0. The van der Waals surface area contributed by atoms with Gasteiger partial charge in [0.1, 0.15) is 11.4 Å². The van der Waals surface area contributed by atoms with Gasteiger partial charge in [0, 0.05) is 37.4 Å². The lowest BCUT2D eigenvalue weighted by Gasteiger charge is -2.26. The van der Waals surface area contributed by atoms with Crippen LogP contribution in [0.1, 0.15) is 54.0 Å². The Kier molecular flexibility index (Phi) is 7.79. The normalized spacial score (nSPS) is 11.9. The van der Waals surface area contributed by atoms with Crippen molar-refractivity contribution in [2.45, 2.75) is 39.9 Å². The van der Waals surface area contributed by atoms with E-state index >= 15 is 0 Å². The van der Waals surface area contributed by atoms with Crippen LogP contribution in [0.25, 0.3) is 11.4 Å². The van der Waals surface area contributed by atoms with E-state index in [2.05, 4.69) is 19.9 Å². The Morgan fingerprint density at radius 1 is 1.00 bits per heavy atom. The van der Waals surface area contributed by atoms with Crippen molar-refractivity contribution in [1.29, 1.82) is 0 Å². The molecule has 9 heteroatoms. The number of hydrogen-bond donors (Lipinski definition) is 0. The van der Waals surface area contributed by atoms with Gasteiger partial charge in [-0.2, -0.15) is 13.2 Å². The molecule has 2 aromatic heterocycles. The molecule has 0 N–H and O–H groups in total. The van der Waals surface area contributed by atoms with E-state index in [1.807, 2.05) is 13.8 Å². The first-order chi connectivity index (χ1) is 14.7. The molecule has 0 aliphatic carbocycles. The number of alkyl halides is 3. The maximum atomic E-state index is 13.1. The molecule has 0 aliphatic rings. The van der Waals surface area contributed by atoms with E-state index in [9.17, 15) is 18.0 Å². The van der Waals surface area contributed by atoms with Gasteiger partial charge in [-0.1, -0.05) is 13.8 Å². The first kappa shape index (κ1) is 23.9. The number of nitrogens with zero attached hydrogens (tertiary/aromatic N) is 5. The highest BCUT2D eigenvalue weighted by molar-refractivity contribution is 5.94. The molecular weight excluding hydrogens is 407 g/mol. The third kappa shape index (κ3) is 5.62. The van der Waals surface area contributed by atoms with Crippen LogP contribution < -0.4 is 0 Å². The van der Waals surface area contributed by atoms with Crippen molar-refractivity contribution in [2.24, 2.45) is 0 Å². The maximum Gasteiger partial charge on any atom is 0.416 e. The van der Waals surface area contributed by atoms with E-state index in [1.54, 1.807) is 6.92 Å². The molecule has 0 saturated carbocycles. The van der Waals surface area contributed by atoms with Crippen molar-refractivity contribution in [3.05, 3.63) is 71.6 Å². The number of carbonyl (C=O) groups is 1. The van der Waals surface area contributed by atoms with Crippen LogP contribution in [-0.4, -0.2) is 37.8 Å². The molecule has 3 aromatic rings. The smallest absolute Gasteiger partial charge is 0.333 e. The molecule has 0 fully saturated rings. The van der Waals surface area contributed by atoms with Gasteiger partial charge >= 0.3 is 6.18 Å². The molecular formula is C22H24F3N5O. The van der Waals surface area contributed by atoms with Crippen molar-refractivity contribution in [3.8, 4) is 11.4 Å². The van der Waals surface area contributed by atoms with E-state index < -0.39 is 23.7 Å². The fourth-order valence-electron chi connectivity index (χ4n) is 2.91. The molecule has 164 valence electrons. The number of hydrogen-bond acceptors (Lipinski definition) is 5. The Labute approximate surface area is 179 Å². The molecule has 6 nitrogen and oxygen atoms in total. The van der Waals surface area contributed by atoms with Crippen LogP contribution in [0.5, 0.6) is 0 Å². The summed E-state index contributed by atoms with van der Waals surface area (Å²) < 4.78 is 39.4. The number of carbonyl (C=O) groups excluding carboxylic acids is 1. The Morgan fingerprint density at radius 2 is 1.65 bits per heavy atom. The Bertz CT molecular complexity index is 1030. The fraction of sp³-hybridized carbons (Fsp3) is 0.318. The number of benzene rings is 1. The van der Waals surface area contributed by atoms with Gasteiger partial charge in [-0.15, -0.1) is 0 Å². The Morgan fingerprint density at radius 3 is 2.26 bits per heavy atom. The minimum Gasteiger partial charge on any atom is -0.333 e. The molecule has 0 radical (unpaired) electrons. The number of rotatable bonds is 4. The summed E-state index contributed by atoms with van der Waals surface area (Å²) in [5.41, 5.74) is 0.848. The SMILES string of the molecule is CC.Cc1cc(C(=O)N(C)C(C)c2nccnc2-c2cnccn2)cc(C(F)(F)F)c1. The van der Waals surface area contributed by atoms with Crippen molar-refractivity contribution < 1.29 is 18.0 Å². The molecule has 0 saturated heterocycles. The summed E-state index contributed by atoms with van der Waals surface area (Å²) in [6.45, 7) is 7.24. The van der Waals surface area contributed by atoms with Crippen LogP contribution in [0.2, 0.25) is 0 Å². The van der Waals surface area contributed by atoms with Gasteiger partial charge < -0.3 is 4.90 Å². The third-order valence-electron chi connectivity index (χ3n) is 4.48. The molecule has 3 rings (SSSR count). The molecule has 0 aliphatic heterocycles. The average molecular weight is 431 g/mol. The van der Waals surface area contributed by atoms with E-state index in [0.717, 1.165) is 12.1 Å². The van der Waals surface area contributed by atoms with Crippen molar-refractivity contribution in [2.75, 3.05) is 7.05 Å².